The van der Waals surface area contributed by atoms with E-state index < -0.39 is 0 Å². The van der Waals surface area contributed by atoms with E-state index in [9.17, 15) is 4.79 Å². The van der Waals surface area contributed by atoms with Crippen molar-refractivity contribution in [1.29, 1.82) is 0 Å². The number of amides is 1. The number of hydrogen-bond acceptors (Lipinski definition) is 3. The van der Waals surface area contributed by atoms with Gasteiger partial charge in [0.2, 0.25) is 5.91 Å². The Labute approximate surface area is 139 Å². The topological polar surface area (TPSA) is 41.6 Å². The second-order valence-corrected chi connectivity index (χ2v) is 7.03. The molecule has 0 aromatic heterocycles. The molecule has 0 bridgehead atoms. The zero-order chi connectivity index (χ0) is 16.2. The first-order chi connectivity index (χ1) is 11.1. The maximum absolute atomic E-state index is 12.4. The molecule has 1 amide bonds. The van der Waals surface area contributed by atoms with Crippen LogP contribution in [0.4, 0.5) is 0 Å². The molecule has 126 valence electrons. The maximum atomic E-state index is 12.4. The SMILES string of the molecule is CN(C)C(CNC(=O)C1CCCCC1)c1ccc2c(c1)CCO2. The van der Waals surface area contributed by atoms with Crippen LogP contribution in [0.15, 0.2) is 18.2 Å². The molecule has 0 saturated heterocycles. The van der Waals surface area contributed by atoms with Gasteiger partial charge in [0.25, 0.3) is 0 Å². The summed E-state index contributed by atoms with van der Waals surface area (Å²) in [6.45, 7) is 1.45. The molecule has 1 unspecified atom stereocenters. The van der Waals surface area contributed by atoms with Gasteiger partial charge < -0.3 is 15.0 Å². The fourth-order valence-electron chi connectivity index (χ4n) is 3.72. The van der Waals surface area contributed by atoms with Gasteiger partial charge in [-0.3, -0.25) is 4.79 Å². The van der Waals surface area contributed by atoms with Crippen LogP contribution in [0.1, 0.15) is 49.3 Å². The Hall–Kier alpha value is -1.55. The van der Waals surface area contributed by atoms with E-state index in [0.717, 1.165) is 31.6 Å². The van der Waals surface area contributed by atoms with Crippen LogP contribution in [0.25, 0.3) is 0 Å². The smallest absolute Gasteiger partial charge is 0.223 e. The third-order valence-electron chi connectivity index (χ3n) is 5.17. The molecule has 1 aromatic rings. The number of carbonyl (C=O) groups excluding carboxylic acids is 1. The molecule has 1 saturated carbocycles. The summed E-state index contributed by atoms with van der Waals surface area (Å²) in [5, 5.41) is 3.19. The van der Waals surface area contributed by atoms with Gasteiger partial charge in [0.15, 0.2) is 0 Å². The van der Waals surface area contributed by atoms with Crippen molar-refractivity contribution in [1.82, 2.24) is 10.2 Å². The number of rotatable bonds is 5. The zero-order valence-corrected chi connectivity index (χ0v) is 14.3. The second kappa shape index (κ2) is 7.35. The highest BCUT2D eigenvalue weighted by Gasteiger charge is 2.23. The quantitative estimate of drug-likeness (QED) is 0.908. The lowest BCUT2D eigenvalue weighted by molar-refractivity contribution is -0.126. The Morgan fingerprint density at radius 3 is 2.83 bits per heavy atom. The Morgan fingerprint density at radius 2 is 2.09 bits per heavy atom. The minimum Gasteiger partial charge on any atom is -0.493 e. The number of likely N-dealkylation sites (N-methyl/N-ethyl adjacent to an activating group) is 1. The molecule has 1 aromatic carbocycles. The Bertz CT molecular complexity index is 550. The fraction of sp³-hybridized carbons (Fsp3) is 0.632. The predicted molar refractivity (Wildman–Crippen MR) is 91.7 cm³/mol. The van der Waals surface area contributed by atoms with Gasteiger partial charge in [-0.05, 0) is 44.1 Å². The van der Waals surface area contributed by atoms with Crippen LogP contribution in [0, 0.1) is 5.92 Å². The summed E-state index contributed by atoms with van der Waals surface area (Å²) in [6, 6.07) is 6.63. The van der Waals surface area contributed by atoms with Gasteiger partial charge in [-0.1, -0.05) is 31.4 Å². The first-order valence-corrected chi connectivity index (χ1v) is 8.85. The molecule has 1 N–H and O–H groups in total. The average Bonchev–Trinajstić information content (AvgIpc) is 3.03. The van der Waals surface area contributed by atoms with Crippen molar-refractivity contribution >= 4 is 5.91 Å². The summed E-state index contributed by atoms with van der Waals surface area (Å²) >= 11 is 0. The van der Waals surface area contributed by atoms with Crippen LogP contribution in [0.2, 0.25) is 0 Å². The number of nitrogens with one attached hydrogen (secondary N) is 1. The van der Waals surface area contributed by atoms with E-state index in [1.807, 2.05) is 0 Å². The van der Waals surface area contributed by atoms with Crippen LogP contribution in [-0.2, 0) is 11.2 Å². The van der Waals surface area contributed by atoms with E-state index in [-0.39, 0.29) is 17.9 Å². The van der Waals surface area contributed by atoms with Crippen molar-refractivity contribution < 1.29 is 9.53 Å². The van der Waals surface area contributed by atoms with Crippen LogP contribution in [0.5, 0.6) is 5.75 Å². The lowest BCUT2D eigenvalue weighted by Crippen LogP contribution is -2.38. The molecule has 1 fully saturated rings. The first kappa shape index (κ1) is 16.3. The first-order valence-electron chi connectivity index (χ1n) is 8.85. The van der Waals surface area contributed by atoms with Crippen molar-refractivity contribution in [3.8, 4) is 5.75 Å². The summed E-state index contributed by atoms with van der Waals surface area (Å²) < 4.78 is 5.59. The highest BCUT2D eigenvalue weighted by Crippen LogP contribution is 2.29. The molecule has 2 aliphatic rings. The molecule has 1 aliphatic carbocycles. The minimum absolute atomic E-state index is 0.202. The van der Waals surface area contributed by atoms with Crippen molar-refractivity contribution in [3.05, 3.63) is 29.3 Å². The minimum atomic E-state index is 0.202. The normalized spacial score (nSPS) is 19.3. The average molecular weight is 316 g/mol. The third kappa shape index (κ3) is 3.86. The molecule has 1 heterocycles. The Morgan fingerprint density at radius 1 is 1.30 bits per heavy atom. The van der Waals surface area contributed by atoms with Crippen molar-refractivity contribution in [3.63, 3.8) is 0 Å². The summed E-state index contributed by atoms with van der Waals surface area (Å²) in [5.41, 5.74) is 2.54. The molecule has 4 heteroatoms. The number of fused-ring (bicyclic) bond motifs is 1. The second-order valence-electron chi connectivity index (χ2n) is 7.03. The number of hydrogen-bond donors (Lipinski definition) is 1. The number of nitrogens with zero attached hydrogens (tertiary/aromatic N) is 1. The van der Waals surface area contributed by atoms with Gasteiger partial charge >= 0.3 is 0 Å². The monoisotopic (exact) mass is 316 g/mol. The van der Waals surface area contributed by atoms with Gasteiger partial charge in [-0.2, -0.15) is 0 Å². The number of ether oxygens (including phenoxy) is 1. The fourth-order valence-corrected chi connectivity index (χ4v) is 3.72. The molecule has 3 rings (SSSR count). The molecule has 4 nitrogen and oxygen atoms in total. The largest absolute Gasteiger partial charge is 0.493 e. The summed E-state index contributed by atoms with van der Waals surface area (Å²) in [4.78, 5) is 14.6. The van der Waals surface area contributed by atoms with Gasteiger partial charge in [0.1, 0.15) is 5.75 Å². The molecule has 0 radical (unpaired) electrons. The lowest BCUT2D eigenvalue weighted by atomic mass is 9.88. The molecule has 23 heavy (non-hydrogen) atoms. The lowest BCUT2D eigenvalue weighted by Gasteiger charge is -2.27. The highest BCUT2D eigenvalue weighted by atomic mass is 16.5. The summed E-state index contributed by atoms with van der Waals surface area (Å²) in [7, 11) is 4.14. The van der Waals surface area contributed by atoms with Crippen LogP contribution in [0.3, 0.4) is 0 Å². The number of carbonyl (C=O) groups is 1. The predicted octanol–water partition coefficient (Wildman–Crippen LogP) is 2.92. The molecule has 1 atom stereocenters. The van der Waals surface area contributed by atoms with E-state index in [1.165, 1.54) is 30.4 Å². The van der Waals surface area contributed by atoms with Gasteiger partial charge in [-0.15, -0.1) is 0 Å². The maximum Gasteiger partial charge on any atom is 0.223 e. The summed E-state index contributed by atoms with van der Waals surface area (Å²) in [6.07, 6.45) is 6.75. The van der Waals surface area contributed by atoms with E-state index >= 15 is 0 Å². The molecule has 1 aliphatic heterocycles. The van der Waals surface area contributed by atoms with E-state index in [2.05, 4.69) is 42.5 Å². The van der Waals surface area contributed by atoms with E-state index in [4.69, 9.17) is 4.74 Å². The molecular formula is C19H28N2O2. The van der Waals surface area contributed by atoms with Crippen molar-refractivity contribution in [2.24, 2.45) is 5.92 Å². The van der Waals surface area contributed by atoms with Crippen molar-refractivity contribution in [2.75, 3.05) is 27.2 Å². The van der Waals surface area contributed by atoms with Crippen LogP contribution < -0.4 is 10.1 Å². The third-order valence-corrected chi connectivity index (χ3v) is 5.17. The molecular weight excluding hydrogens is 288 g/mol. The standard InChI is InChI=1S/C19H28N2O2/c1-21(2)17(13-20-19(22)14-6-4-3-5-7-14)15-8-9-18-16(12-15)10-11-23-18/h8-9,12,14,17H,3-7,10-11,13H2,1-2H3,(H,20,22). The highest BCUT2D eigenvalue weighted by molar-refractivity contribution is 5.78. The summed E-state index contributed by atoms with van der Waals surface area (Å²) in [5.74, 6) is 1.47. The van der Waals surface area contributed by atoms with Gasteiger partial charge in [0, 0.05) is 18.9 Å². The van der Waals surface area contributed by atoms with Gasteiger partial charge in [0.05, 0.1) is 12.6 Å². The number of benzene rings is 1. The molecule has 0 spiro atoms. The van der Waals surface area contributed by atoms with E-state index in [1.54, 1.807) is 0 Å². The Balaban J connectivity index is 1.63. The van der Waals surface area contributed by atoms with Crippen molar-refractivity contribution in [2.45, 2.75) is 44.6 Å². The van der Waals surface area contributed by atoms with E-state index in [0.29, 0.717) is 6.54 Å². The Kier molecular flexibility index (Phi) is 5.21. The zero-order valence-electron chi connectivity index (χ0n) is 14.3. The van der Waals surface area contributed by atoms with Gasteiger partial charge in [-0.25, -0.2) is 0 Å². The van der Waals surface area contributed by atoms with Crippen LogP contribution in [-0.4, -0.2) is 38.1 Å². The van der Waals surface area contributed by atoms with Crippen LogP contribution >= 0.6 is 0 Å².